The Balaban J connectivity index is 1.93. The van der Waals surface area contributed by atoms with E-state index in [-0.39, 0.29) is 5.75 Å². The number of halogens is 3. The minimum atomic E-state index is -1.08. The van der Waals surface area contributed by atoms with E-state index in [0.29, 0.717) is 20.9 Å². The molecule has 0 saturated heterocycles. The van der Waals surface area contributed by atoms with Crippen LogP contribution in [0, 0.1) is 12.7 Å². The van der Waals surface area contributed by atoms with Gasteiger partial charge in [-0.25, -0.2) is 9.18 Å². The maximum Gasteiger partial charge on any atom is 0.344 e. The van der Waals surface area contributed by atoms with Gasteiger partial charge in [0.25, 0.3) is 5.91 Å². The maximum absolute atomic E-state index is 13.0. The number of hydrogen-bond donors (Lipinski definition) is 1. The summed E-state index contributed by atoms with van der Waals surface area (Å²) in [6, 6.07) is 7.01. The summed E-state index contributed by atoms with van der Waals surface area (Å²) < 4.78 is 28.9. The Bertz CT molecular complexity index is 893. The molecule has 0 aromatic heterocycles. The van der Waals surface area contributed by atoms with Gasteiger partial charge in [0.05, 0.1) is 17.3 Å². The summed E-state index contributed by atoms with van der Waals surface area (Å²) in [6.07, 6.45) is -1.08. The summed E-state index contributed by atoms with van der Waals surface area (Å²) in [6.45, 7) is 2.77. The fraction of sp³-hybridized carbons (Fsp3) is 0.263. The number of esters is 1. The standard InChI is InChI=1S/C19H18BrClFNO5/c1-10-6-15(17(26-3)8-14(10)21)23-19(25)11(2)28-18(24)9-27-16-5-4-12(22)7-13(16)20/h4-8,11H,9H2,1-3H3,(H,23,25). The van der Waals surface area contributed by atoms with Gasteiger partial charge >= 0.3 is 5.97 Å². The quantitative estimate of drug-likeness (QED) is 0.598. The number of benzene rings is 2. The molecule has 0 saturated carbocycles. The number of aryl methyl sites for hydroxylation is 1. The van der Waals surface area contributed by atoms with Gasteiger partial charge in [0, 0.05) is 11.1 Å². The van der Waals surface area contributed by atoms with Gasteiger partial charge in [-0.1, -0.05) is 11.6 Å². The number of rotatable bonds is 7. The predicted octanol–water partition coefficient (Wildman–Crippen LogP) is 4.51. The molecule has 0 heterocycles. The molecule has 0 spiro atoms. The number of hydrogen-bond acceptors (Lipinski definition) is 5. The second kappa shape index (κ2) is 9.75. The fourth-order valence-corrected chi connectivity index (χ4v) is 2.80. The molecule has 1 amide bonds. The first-order valence-corrected chi connectivity index (χ1v) is 9.30. The normalized spacial score (nSPS) is 11.5. The van der Waals surface area contributed by atoms with Crippen molar-refractivity contribution in [2.45, 2.75) is 20.0 Å². The van der Waals surface area contributed by atoms with Crippen molar-refractivity contribution in [1.29, 1.82) is 0 Å². The lowest BCUT2D eigenvalue weighted by Crippen LogP contribution is -2.31. The molecule has 0 bridgehead atoms. The van der Waals surface area contributed by atoms with Crippen molar-refractivity contribution in [3.05, 3.63) is 51.2 Å². The van der Waals surface area contributed by atoms with E-state index < -0.39 is 30.4 Å². The van der Waals surface area contributed by atoms with E-state index in [2.05, 4.69) is 21.2 Å². The Labute approximate surface area is 175 Å². The first-order valence-electron chi connectivity index (χ1n) is 8.13. The second-order valence-corrected chi connectivity index (χ2v) is 7.05. The van der Waals surface area contributed by atoms with Crippen molar-refractivity contribution in [1.82, 2.24) is 0 Å². The van der Waals surface area contributed by atoms with Crippen LogP contribution in [0.1, 0.15) is 12.5 Å². The zero-order valence-corrected chi connectivity index (χ0v) is 17.7. The van der Waals surface area contributed by atoms with Gasteiger partial charge in [-0.3, -0.25) is 4.79 Å². The Morgan fingerprint density at radius 2 is 1.96 bits per heavy atom. The van der Waals surface area contributed by atoms with Crippen LogP contribution in [0.3, 0.4) is 0 Å². The molecule has 1 unspecified atom stereocenters. The van der Waals surface area contributed by atoms with Crippen molar-refractivity contribution in [2.75, 3.05) is 19.0 Å². The SMILES string of the molecule is COc1cc(Cl)c(C)cc1NC(=O)C(C)OC(=O)COc1ccc(F)cc1Br. The highest BCUT2D eigenvalue weighted by atomic mass is 79.9. The molecule has 2 rings (SSSR count). The van der Waals surface area contributed by atoms with Crippen LogP contribution in [0.5, 0.6) is 11.5 Å². The number of carbonyl (C=O) groups is 2. The number of methoxy groups -OCH3 is 1. The molecule has 0 aliphatic rings. The van der Waals surface area contributed by atoms with Crippen molar-refractivity contribution >= 4 is 45.1 Å². The van der Waals surface area contributed by atoms with Gasteiger partial charge in [0.15, 0.2) is 12.7 Å². The van der Waals surface area contributed by atoms with Crippen LogP contribution < -0.4 is 14.8 Å². The van der Waals surface area contributed by atoms with Crippen LogP contribution in [-0.4, -0.2) is 31.7 Å². The van der Waals surface area contributed by atoms with E-state index in [1.54, 1.807) is 19.1 Å². The Morgan fingerprint density at radius 3 is 2.61 bits per heavy atom. The minimum absolute atomic E-state index is 0.275. The maximum atomic E-state index is 13.0. The first-order chi connectivity index (χ1) is 13.2. The molecule has 150 valence electrons. The van der Waals surface area contributed by atoms with Crippen LogP contribution in [0.15, 0.2) is 34.8 Å². The molecule has 9 heteroatoms. The van der Waals surface area contributed by atoms with Gasteiger partial charge < -0.3 is 19.5 Å². The number of amides is 1. The number of anilines is 1. The van der Waals surface area contributed by atoms with Gasteiger partial charge in [-0.15, -0.1) is 0 Å². The molecular weight excluding hydrogens is 457 g/mol. The van der Waals surface area contributed by atoms with Crippen LogP contribution in [0.4, 0.5) is 10.1 Å². The highest BCUT2D eigenvalue weighted by molar-refractivity contribution is 9.10. The summed E-state index contributed by atoms with van der Waals surface area (Å²) in [5.74, 6) is -1.08. The van der Waals surface area contributed by atoms with Crippen LogP contribution in [-0.2, 0) is 14.3 Å². The summed E-state index contributed by atoms with van der Waals surface area (Å²) in [7, 11) is 1.45. The van der Waals surface area contributed by atoms with E-state index in [0.717, 1.165) is 5.56 Å². The molecular formula is C19H18BrClFNO5. The highest BCUT2D eigenvalue weighted by Gasteiger charge is 2.20. The van der Waals surface area contributed by atoms with E-state index in [1.807, 2.05) is 0 Å². The van der Waals surface area contributed by atoms with Gasteiger partial charge in [-0.2, -0.15) is 0 Å². The van der Waals surface area contributed by atoms with Crippen LogP contribution in [0.25, 0.3) is 0 Å². The molecule has 0 aliphatic carbocycles. The molecule has 2 aromatic rings. The zero-order valence-electron chi connectivity index (χ0n) is 15.3. The average molecular weight is 475 g/mol. The van der Waals surface area contributed by atoms with Gasteiger partial charge in [-0.05, 0) is 59.6 Å². The van der Waals surface area contributed by atoms with Gasteiger partial charge in [0.2, 0.25) is 0 Å². The summed E-state index contributed by atoms with van der Waals surface area (Å²) in [4.78, 5) is 24.2. The summed E-state index contributed by atoms with van der Waals surface area (Å²) in [5, 5.41) is 3.13. The minimum Gasteiger partial charge on any atom is -0.495 e. The third-order valence-electron chi connectivity index (χ3n) is 3.66. The molecule has 0 radical (unpaired) electrons. The third-order valence-corrected chi connectivity index (χ3v) is 4.68. The van der Waals surface area contributed by atoms with E-state index in [9.17, 15) is 14.0 Å². The van der Waals surface area contributed by atoms with Crippen molar-refractivity contribution < 1.29 is 28.2 Å². The van der Waals surface area contributed by atoms with Crippen molar-refractivity contribution in [3.63, 3.8) is 0 Å². The summed E-state index contributed by atoms with van der Waals surface area (Å²) in [5.41, 5.74) is 1.16. The largest absolute Gasteiger partial charge is 0.495 e. The van der Waals surface area contributed by atoms with E-state index in [1.165, 1.54) is 32.2 Å². The number of carbonyl (C=O) groups excluding carboxylic acids is 2. The smallest absolute Gasteiger partial charge is 0.344 e. The molecule has 0 aliphatic heterocycles. The lowest BCUT2D eigenvalue weighted by atomic mass is 10.2. The summed E-state index contributed by atoms with van der Waals surface area (Å²) >= 11 is 9.17. The Hall–Kier alpha value is -2.32. The fourth-order valence-electron chi connectivity index (χ4n) is 2.18. The molecule has 0 fully saturated rings. The predicted molar refractivity (Wildman–Crippen MR) is 107 cm³/mol. The van der Waals surface area contributed by atoms with Crippen molar-refractivity contribution in [3.8, 4) is 11.5 Å². The zero-order chi connectivity index (χ0) is 20.8. The molecule has 1 N–H and O–H groups in total. The average Bonchev–Trinajstić information content (AvgIpc) is 2.63. The second-order valence-electron chi connectivity index (χ2n) is 5.79. The van der Waals surface area contributed by atoms with Gasteiger partial charge in [0.1, 0.15) is 17.3 Å². The number of ether oxygens (including phenoxy) is 3. The van der Waals surface area contributed by atoms with Crippen molar-refractivity contribution in [2.24, 2.45) is 0 Å². The van der Waals surface area contributed by atoms with E-state index >= 15 is 0 Å². The lowest BCUT2D eigenvalue weighted by molar-refractivity contribution is -0.155. The molecule has 1 atom stereocenters. The Kier molecular flexibility index (Phi) is 7.65. The monoisotopic (exact) mass is 473 g/mol. The van der Waals surface area contributed by atoms with E-state index in [4.69, 9.17) is 25.8 Å². The van der Waals surface area contributed by atoms with Crippen LogP contribution in [0.2, 0.25) is 5.02 Å². The number of nitrogens with one attached hydrogen (secondary N) is 1. The molecule has 2 aromatic carbocycles. The first kappa shape index (κ1) is 22.0. The highest BCUT2D eigenvalue weighted by Crippen LogP contribution is 2.31. The topological polar surface area (TPSA) is 73.9 Å². The molecule has 6 nitrogen and oxygen atoms in total. The van der Waals surface area contributed by atoms with Crippen LogP contribution >= 0.6 is 27.5 Å². The molecule has 28 heavy (non-hydrogen) atoms. The third kappa shape index (κ3) is 5.84. The lowest BCUT2D eigenvalue weighted by Gasteiger charge is -2.16. The Morgan fingerprint density at radius 1 is 1.25 bits per heavy atom.